The van der Waals surface area contributed by atoms with Gasteiger partial charge in [0.15, 0.2) is 0 Å². The highest BCUT2D eigenvalue weighted by Gasteiger charge is 2.08. The lowest BCUT2D eigenvalue weighted by Gasteiger charge is -2.04. The lowest BCUT2D eigenvalue weighted by Crippen LogP contribution is -2.02. The van der Waals surface area contributed by atoms with Gasteiger partial charge in [-0.3, -0.25) is 4.68 Å². The number of para-hydroxylation sites is 1. The molecule has 0 amide bonds. The third-order valence-corrected chi connectivity index (χ3v) is 3.55. The molecule has 20 heavy (non-hydrogen) atoms. The molecule has 2 aromatic carbocycles. The van der Waals surface area contributed by atoms with Crippen LogP contribution in [0.5, 0.6) is 0 Å². The number of benzene rings is 2. The fourth-order valence-electron chi connectivity index (χ4n) is 2.35. The molecule has 0 spiro atoms. The van der Waals surface area contributed by atoms with E-state index in [2.05, 4.69) is 29.5 Å². The van der Waals surface area contributed by atoms with Crippen molar-refractivity contribution in [3.05, 3.63) is 59.2 Å². The van der Waals surface area contributed by atoms with Crippen LogP contribution in [0.1, 0.15) is 12.6 Å². The van der Waals surface area contributed by atoms with Crippen LogP contribution in [0.25, 0.3) is 10.9 Å². The molecule has 0 atom stereocenters. The Kier molecular flexibility index (Phi) is 3.61. The van der Waals surface area contributed by atoms with Crippen LogP contribution in [0.4, 0.5) is 5.69 Å². The number of nitrogens with one attached hydrogen (secondary N) is 1. The minimum Gasteiger partial charge on any atom is -0.379 e. The molecule has 1 N–H and O–H groups in total. The Morgan fingerprint density at radius 3 is 2.80 bits per heavy atom. The van der Waals surface area contributed by atoms with E-state index in [9.17, 15) is 0 Å². The van der Waals surface area contributed by atoms with E-state index < -0.39 is 0 Å². The van der Waals surface area contributed by atoms with Gasteiger partial charge in [-0.2, -0.15) is 5.10 Å². The number of hydrogen-bond acceptors (Lipinski definition) is 2. The summed E-state index contributed by atoms with van der Waals surface area (Å²) in [4.78, 5) is 0. The molecular formula is C16H16ClN3. The van der Waals surface area contributed by atoms with Crippen molar-refractivity contribution in [2.24, 2.45) is 0 Å². The fraction of sp³-hybridized carbons (Fsp3) is 0.188. The first-order chi connectivity index (χ1) is 9.78. The van der Waals surface area contributed by atoms with Crippen LogP contribution in [0.15, 0.2) is 48.5 Å². The van der Waals surface area contributed by atoms with E-state index in [1.807, 2.05) is 41.1 Å². The zero-order valence-electron chi connectivity index (χ0n) is 11.3. The number of rotatable bonds is 4. The molecule has 0 saturated carbocycles. The molecule has 0 radical (unpaired) electrons. The maximum atomic E-state index is 5.99. The van der Waals surface area contributed by atoms with Crippen LogP contribution in [-0.4, -0.2) is 9.78 Å². The van der Waals surface area contributed by atoms with Gasteiger partial charge in [0.1, 0.15) is 0 Å². The van der Waals surface area contributed by atoms with Crippen molar-refractivity contribution in [3.8, 4) is 0 Å². The van der Waals surface area contributed by atoms with Crippen molar-refractivity contribution in [2.75, 3.05) is 5.32 Å². The molecule has 3 nitrogen and oxygen atoms in total. The Hall–Kier alpha value is -2.00. The van der Waals surface area contributed by atoms with Gasteiger partial charge in [-0.1, -0.05) is 35.9 Å². The van der Waals surface area contributed by atoms with Gasteiger partial charge in [-0.25, -0.2) is 0 Å². The average Bonchev–Trinajstić information content (AvgIpc) is 2.83. The fourth-order valence-corrected chi connectivity index (χ4v) is 2.54. The van der Waals surface area contributed by atoms with Gasteiger partial charge in [0.25, 0.3) is 0 Å². The number of anilines is 1. The number of hydrogen-bond donors (Lipinski definition) is 1. The number of aryl methyl sites for hydroxylation is 1. The molecule has 4 heteroatoms. The minimum absolute atomic E-state index is 0.688. The molecular weight excluding hydrogens is 270 g/mol. The van der Waals surface area contributed by atoms with E-state index in [4.69, 9.17) is 11.6 Å². The molecule has 0 unspecified atom stereocenters. The molecule has 0 aliphatic carbocycles. The second kappa shape index (κ2) is 5.55. The van der Waals surface area contributed by atoms with Crippen molar-refractivity contribution in [1.29, 1.82) is 0 Å². The number of halogens is 1. The topological polar surface area (TPSA) is 29.9 Å². The first-order valence-corrected chi connectivity index (χ1v) is 7.09. The number of aromatic nitrogens is 2. The molecule has 1 heterocycles. The Bertz CT molecular complexity index is 733. The SMILES string of the molecule is CCn1nc(CNc2cccc(Cl)c2)c2ccccc21. The summed E-state index contributed by atoms with van der Waals surface area (Å²) in [5, 5.41) is 9.97. The molecule has 102 valence electrons. The Morgan fingerprint density at radius 2 is 2.00 bits per heavy atom. The third kappa shape index (κ3) is 2.49. The van der Waals surface area contributed by atoms with E-state index in [-0.39, 0.29) is 0 Å². The predicted octanol–water partition coefficient (Wildman–Crippen LogP) is 4.32. The Morgan fingerprint density at radius 1 is 1.15 bits per heavy atom. The van der Waals surface area contributed by atoms with Gasteiger partial charge in [0.05, 0.1) is 17.8 Å². The second-order valence-electron chi connectivity index (χ2n) is 4.64. The highest BCUT2D eigenvalue weighted by molar-refractivity contribution is 6.30. The van der Waals surface area contributed by atoms with Gasteiger partial charge < -0.3 is 5.32 Å². The summed E-state index contributed by atoms with van der Waals surface area (Å²) >= 11 is 5.99. The molecule has 1 aromatic heterocycles. The van der Waals surface area contributed by atoms with Crippen LogP contribution in [0.3, 0.4) is 0 Å². The standard InChI is InChI=1S/C16H16ClN3/c1-2-20-16-9-4-3-8-14(16)15(19-20)11-18-13-7-5-6-12(17)10-13/h3-10,18H,2,11H2,1H3. The molecule has 3 aromatic rings. The van der Waals surface area contributed by atoms with E-state index in [0.29, 0.717) is 6.54 Å². The average molecular weight is 286 g/mol. The molecule has 0 aliphatic heterocycles. The van der Waals surface area contributed by atoms with Crippen LogP contribution < -0.4 is 5.32 Å². The van der Waals surface area contributed by atoms with E-state index >= 15 is 0 Å². The normalized spacial score (nSPS) is 10.9. The van der Waals surface area contributed by atoms with Crippen molar-refractivity contribution >= 4 is 28.2 Å². The first-order valence-electron chi connectivity index (χ1n) is 6.72. The van der Waals surface area contributed by atoms with Crippen molar-refractivity contribution in [3.63, 3.8) is 0 Å². The second-order valence-corrected chi connectivity index (χ2v) is 5.08. The van der Waals surface area contributed by atoms with E-state index in [1.54, 1.807) is 0 Å². The quantitative estimate of drug-likeness (QED) is 0.773. The van der Waals surface area contributed by atoms with Gasteiger partial charge in [-0.15, -0.1) is 0 Å². The minimum atomic E-state index is 0.688. The number of fused-ring (bicyclic) bond motifs is 1. The third-order valence-electron chi connectivity index (χ3n) is 3.32. The number of nitrogens with zero attached hydrogens (tertiary/aromatic N) is 2. The molecule has 0 aliphatic rings. The Labute approximate surface area is 123 Å². The summed E-state index contributed by atoms with van der Waals surface area (Å²) in [6.07, 6.45) is 0. The van der Waals surface area contributed by atoms with Crippen LogP contribution in [0, 0.1) is 0 Å². The molecule has 3 rings (SSSR count). The smallest absolute Gasteiger partial charge is 0.0894 e. The summed E-state index contributed by atoms with van der Waals surface area (Å²) in [6.45, 7) is 3.67. The maximum Gasteiger partial charge on any atom is 0.0894 e. The highest BCUT2D eigenvalue weighted by Crippen LogP contribution is 2.20. The molecule has 0 bridgehead atoms. The summed E-state index contributed by atoms with van der Waals surface area (Å²) in [5.41, 5.74) is 3.24. The predicted molar refractivity (Wildman–Crippen MR) is 84.2 cm³/mol. The van der Waals surface area contributed by atoms with Crippen LogP contribution >= 0.6 is 11.6 Å². The van der Waals surface area contributed by atoms with Gasteiger partial charge in [0, 0.05) is 22.6 Å². The molecule has 0 fully saturated rings. The van der Waals surface area contributed by atoms with E-state index in [1.165, 1.54) is 10.9 Å². The lowest BCUT2D eigenvalue weighted by molar-refractivity contribution is 0.671. The lowest BCUT2D eigenvalue weighted by atomic mass is 10.2. The summed E-state index contributed by atoms with van der Waals surface area (Å²) in [5.74, 6) is 0. The zero-order chi connectivity index (χ0) is 13.9. The van der Waals surface area contributed by atoms with Gasteiger partial charge in [-0.05, 0) is 31.2 Å². The largest absolute Gasteiger partial charge is 0.379 e. The van der Waals surface area contributed by atoms with Crippen LogP contribution in [-0.2, 0) is 13.1 Å². The summed E-state index contributed by atoms with van der Waals surface area (Å²) in [6, 6.07) is 16.0. The highest BCUT2D eigenvalue weighted by atomic mass is 35.5. The summed E-state index contributed by atoms with van der Waals surface area (Å²) < 4.78 is 2.03. The zero-order valence-corrected chi connectivity index (χ0v) is 12.1. The van der Waals surface area contributed by atoms with Gasteiger partial charge >= 0.3 is 0 Å². The Balaban J connectivity index is 1.88. The summed E-state index contributed by atoms with van der Waals surface area (Å²) in [7, 11) is 0. The van der Waals surface area contributed by atoms with Crippen molar-refractivity contribution < 1.29 is 0 Å². The monoisotopic (exact) mass is 285 g/mol. The van der Waals surface area contributed by atoms with Crippen molar-refractivity contribution in [2.45, 2.75) is 20.0 Å². The first kappa shape index (κ1) is 13.0. The maximum absolute atomic E-state index is 5.99. The van der Waals surface area contributed by atoms with Crippen LogP contribution in [0.2, 0.25) is 5.02 Å². The van der Waals surface area contributed by atoms with E-state index in [0.717, 1.165) is 22.9 Å². The van der Waals surface area contributed by atoms with Crippen molar-refractivity contribution in [1.82, 2.24) is 9.78 Å². The van der Waals surface area contributed by atoms with Gasteiger partial charge in [0.2, 0.25) is 0 Å². The molecule has 0 saturated heterocycles.